The number of phenolic OH excluding ortho intramolecular Hbond substituents is 1. The number of nitrogens with zero attached hydrogens (tertiary/aromatic N) is 1. The maximum Gasteiger partial charge on any atom is 0.158 e. The van der Waals surface area contributed by atoms with Gasteiger partial charge in [-0.2, -0.15) is 5.26 Å². The van der Waals surface area contributed by atoms with E-state index in [4.69, 9.17) is 9.68 Å². The van der Waals surface area contributed by atoms with Gasteiger partial charge in [-0.1, -0.05) is 0 Å². The van der Waals surface area contributed by atoms with E-state index in [-0.39, 0.29) is 12.2 Å². The standard InChI is InChI=1S/C13H11NO3/c14-7-13(16)4-3-9-10-5-8(15)1-2-11(10)17-12(9)6-13/h1-2,5,15-16H,3-4,6H2. The Morgan fingerprint density at radius 3 is 3.00 bits per heavy atom. The molecule has 0 amide bonds. The van der Waals surface area contributed by atoms with Crippen LogP contribution in [0.4, 0.5) is 0 Å². The second-order valence-corrected chi connectivity index (χ2v) is 4.50. The first-order valence-electron chi connectivity index (χ1n) is 5.48. The van der Waals surface area contributed by atoms with Gasteiger partial charge in [0.25, 0.3) is 0 Å². The van der Waals surface area contributed by atoms with Crippen LogP contribution < -0.4 is 0 Å². The quantitative estimate of drug-likeness (QED) is 0.676. The number of aromatic hydroxyl groups is 1. The number of rotatable bonds is 0. The van der Waals surface area contributed by atoms with E-state index in [1.807, 2.05) is 6.07 Å². The molecule has 1 aromatic heterocycles. The maximum absolute atomic E-state index is 9.94. The molecule has 4 nitrogen and oxygen atoms in total. The van der Waals surface area contributed by atoms with Gasteiger partial charge in [-0.25, -0.2) is 0 Å². The van der Waals surface area contributed by atoms with Crippen LogP contribution in [0, 0.1) is 11.3 Å². The maximum atomic E-state index is 9.94. The van der Waals surface area contributed by atoms with E-state index in [0.717, 1.165) is 10.9 Å². The van der Waals surface area contributed by atoms with Crippen LogP contribution in [0.25, 0.3) is 11.0 Å². The molecule has 17 heavy (non-hydrogen) atoms. The SMILES string of the molecule is N#CC1(O)CCc2c(oc3ccc(O)cc23)C1. The average molecular weight is 229 g/mol. The summed E-state index contributed by atoms with van der Waals surface area (Å²) >= 11 is 0. The molecule has 1 unspecified atom stereocenters. The molecule has 1 heterocycles. The molecule has 1 atom stereocenters. The fourth-order valence-electron chi connectivity index (χ4n) is 2.39. The van der Waals surface area contributed by atoms with E-state index in [1.54, 1.807) is 18.2 Å². The van der Waals surface area contributed by atoms with Crippen molar-refractivity contribution >= 4 is 11.0 Å². The van der Waals surface area contributed by atoms with Crippen molar-refractivity contribution in [1.82, 2.24) is 0 Å². The lowest BCUT2D eigenvalue weighted by Crippen LogP contribution is -2.33. The van der Waals surface area contributed by atoms with Gasteiger partial charge in [0.15, 0.2) is 5.60 Å². The zero-order chi connectivity index (χ0) is 12.0. The van der Waals surface area contributed by atoms with Crippen molar-refractivity contribution in [2.45, 2.75) is 24.9 Å². The van der Waals surface area contributed by atoms with E-state index in [0.29, 0.717) is 24.2 Å². The summed E-state index contributed by atoms with van der Waals surface area (Å²) in [5.41, 5.74) is 0.369. The number of hydrogen-bond acceptors (Lipinski definition) is 4. The summed E-state index contributed by atoms with van der Waals surface area (Å²) < 4.78 is 5.62. The molecule has 2 N–H and O–H groups in total. The van der Waals surface area contributed by atoms with Crippen LogP contribution in [-0.4, -0.2) is 15.8 Å². The third kappa shape index (κ3) is 1.48. The largest absolute Gasteiger partial charge is 0.508 e. The Balaban J connectivity index is 2.18. The highest BCUT2D eigenvalue weighted by Crippen LogP contribution is 2.36. The minimum absolute atomic E-state index is 0.196. The van der Waals surface area contributed by atoms with Crippen molar-refractivity contribution in [2.24, 2.45) is 0 Å². The Bertz CT molecular complexity index is 638. The average Bonchev–Trinajstić information content (AvgIpc) is 2.65. The summed E-state index contributed by atoms with van der Waals surface area (Å²) in [7, 11) is 0. The van der Waals surface area contributed by atoms with Crippen molar-refractivity contribution in [3.8, 4) is 11.8 Å². The summed E-state index contributed by atoms with van der Waals surface area (Å²) in [6, 6.07) is 6.85. The molecule has 0 fully saturated rings. The topological polar surface area (TPSA) is 77.4 Å². The second kappa shape index (κ2) is 3.25. The molecule has 86 valence electrons. The molecule has 4 heteroatoms. The van der Waals surface area contributed by atoms with Crippen molar-refractivity contribution < 1.29 is 14.6 Å². The third-order valence-corrected chi connectivity index (χ3v) is 3.31. The number of hydrogen-bond donors (Lipinski definition) is 2. The zero-order valence-electron chi connectivity index (χ0n) is 9.10. The molecule has 3 rings (SSSR count). The molecular formula is C13H11NO3. The number of aliphatic hydroxyl groups is 1. The van der Waals surface area contributed by atoms with E-state index in [1.165, 1.54) is 0 Å². The fourth-order valence-corrected chi connectivity index (χ4v) is 2.39. The van der Waals surface area contributed by atoms with Gasteiger partial charge in [-0.05, 0) is 31.0 Å². The minimum atomic E-state index is -1.32. The van der Waals surface area contributed by atoms with Crippen molar-refractivity contribution in [3.63, 3.8) is 0 Å². The van der Waals surface area contributed by atoms with Crippen LogP contribution in [0.1, 0.15) is 17.7 Å². The van der Waals surface area contributed by atoms with E-state index >= 15 is 0 Å². The van der Waals surface area contributed by atoms with Gasteiger partial charge in [-0.3, -0.25) is 0 Å². The Labute approximate surface area is 97.7 Å². The molecule has 0 saturated heterocycles. The Kier molecular flexibility index (Phi) is 1.95. The van der Waals surface area contributed by atoms with Gasteiger partial charge < -0.3 is 14.6 Å². The Morgan fingerprint density at radius 2 is 2.24 bits per heavy atom. The molecule has 1 aromatic carbocycles. The van der Waals surface area contributed by atoms with Crippen LogP contribution in [-0.2, 0) is 12.8 Å². The molecule has 0 spiro atoms. The monoisotopic (exact) mass is 229 g/mol. The molecule has 1 aliphatic rings. The molecule has 0 bridgehead atoms. The van der Waals surface area contributed by atoms with Gasteiger partial charge in [0.05, 0.1) is 6.07 Å². The predicted octanol–water partition coefficient (Wildman–Crippen LogP) is 1.88. The number of nitriles is 1. The second-order valence-electron chi connectivity index (χ2n) is 4.50. The lowest BCUT2D eigenvalue weighted by atomic mass is 9.84. The number of phenols is 1. The van der Waals surface area contributed by atoms with E-state index in [9.17, 15) is 10.2 Å². The summed E-state index contributed by atoms with van der Waals surface area (Å²) in [5.74, 6) is 0.850. The highest BCUT2D eigenvalue weighted by molar-refractivity contribution is 5.84. The molecule has 1 aliphatic carbocycles. The number of benzene rings is 1. The van der Waals surface area contributed by atoms with E-state index in [2.05, 4.69) is 0 Å². The smallest absolute Gasteiger partial charge is 0.158 e. The molecular weight excluding hydrogens is 218 g/mol. The fraction of sp³-hybridized carbons (Fsp3) is 0.308. The van der Waals surface area contributed by atoms with Crippen molar-refractivity contribution in [1.29, 1.82) is 5.26 Å². The lowest BCUT2D eigenvalue weighted by Gasteiger charge is -2.23. The predicted molar refractivity (Wildman–Crippen MR) is 60.5 cm³/mol. The first kappa shape index (κ1) is 10.2. The first-order chi connectivity index (χ1) is 8.11. The van der Waals surface area contributed by atoms with Gasteiger partial charge in [0, 0.05) is 17.4 Å². The van der Waals surface area contributed by atoms with Gasteiger partial charge in [0.1, 0.15) is 17.1 Å². The van der Waals surface area contributed by atoms with Gasteiger partial charge in [-0.15, -0.1) is 0 Å². The number of fused-ring (bicyclic) bond motifs is 3. The van der Waals surface area contributed by atoms with Crippen LogP contribution in [0.2, 0.25) is 0 Å². The normalized spacial score (nSPS) is 23.3. The zero-order valence-corrected chi connectivity index (χ0v) is 9.10. The lowest BCUT2D eigenvalue weighted by molar-refractivity contribution is 0.0777. The Hall–Kier alpha value is -1.99. The van der Waals surface area contributed by atoms with Gasteiger partial charge in [0.2, 0.25) is 0 Å². The molecule has 0 radical (unpaired) electrons. The third-order valence-electron chi connectivity index (χ3n) is 3.31. The summed E-state index contributed by atoms with van der Waals surface area (Å²) in [6.07, 6.45) is 1.21. The highest BCUT2D eigenvalue weighted by Gasteiger charge is 2.35. The van der Waals surface area contributed by atoms with Gasteiger partial charge >= 0.3 is 0 Å². The molecule has 2 aromatic rings. The molecule has 0 aliphatic heterocycles. The number of aryl methyl sites for hydroxylation is 1. The van der Waals surface area contributed by atoms with Crippen LogP contribution in [0.5, 0.6) is 5.75 Å². The summed E-state index contributed by atoms with van der Waals surface area (Å²) in [4.78, 5) is 0. The first-order valence-corrected chi connectivity index (χ1v) is 5.48. The summed E-state index contributed by atoms with van der Waals surface area (Å²) in [5, 5.41) is 29.2. The summed E-state index contributed by atoms with van der Waals surface area (Å²) in [6.45, 7) is 0. The van der Waals surface area contributed by atoms with E-state index < -0.39 is 5.60 Å². The minimum Gasteiger partial charge on any atom is -0.508 e. The van der Waals surface area contributed by atoms with Crippen LogP contribution >= 0.6 is 0 Å². The highest BCUT2D eigenvalue weighted by atomic mass is 16.3. The Morgan fingerprint density at radius 1 is 1.41 bits per heavy atom. The molecule has 0 saturated carbocycles. The number of furan rings is 1. The van der Waals surface area contributed by atoms with Crippen molar-refractivity contribution in [3.05, 3.63) is 29.5 Å². The van der Waals surface area contributed by atoms with Crippen LogP contribution in [0.15, 0.2) is 22.6 Å². The van der Waals surface area contributed by atoms with Crippen molar-refractivity contribution in [2.75, 3.05) is 0 Å². The van der Waals surface area contributed by atoms with Crippen LogP contribution in [0.3, 0.4) is 0 Å².